The second-order valence-electron chi connectivity index (χ2n) is 5.64. The Kier molecular flexibility index (Phi) is 6.32. The summed E-state index contributed by atoms with van der Waals surface area (Å²) in [6.45, 7) is 0.0904. The van der Waals surface area contributed by atoms with Crippen LogP contribution >= 0.6 is 11.3 Å². The number of esters is 1. The van der Waals surface area contributed by atoms with Crippen molar-refractivity contribution in [1.82, 2.24) is 10.3 Å². The van der Waals surface area contributed by atoms with Crippen LogP contribution < -0.4 is 5.32 Å². The van der Waals surface area contributed by atoms with Gasteiger partial charge in [0.05, 0.1) is 19.2 Å². The number of aromatic nitrogens is 1. The van der Waals surface area contributed by atoms with E-state index in [4.69, 9.17) is 9.15 Å². The van der Waals surface area contributed by atoms with Crippen molar-refractivity contribution < 1.29 is 23.1 Å². The first kappa shape index (κ1) is 18.8. The van der Waals surface area contributed by atoms with Gasteiger partial charge in [0.1, 0.15) is 5.82 Å². The highest BCUT2D eigenvalue weighted by Gasteiger charge is 2.11. The molecule has 0 radical (unpaired) electrons. The summed E-state index contributed by atoms with van der Waals surface area (Å²) in [4.78, 5) is 28.5. The van der Waals surface area contributed by atoms with Gasteiger partial charge >= 0.3 is 5.97 Å². The maximum absolute atomic E-state index is 12.9. The zero-order valence-corrected chi connectivity index (χ0v) is 15.1. The van der Waals surface area contributed by atoms with Gasteiger partial charge in [0, 0.05) is 16.9 Å². The van der Waals surface area contributed by atoms with Crippen LogP contribution in [0.2, 0.25) is 0 Å². The second-order valence-corrected chi connectivity index (χ2v) is 6.67. The van der Waals surface area contributed by atoms with Gasteiger partial charge in [-0.2, -0.15) is 0 Å². The number of nitrogens with zero attached hydrogens (tertiary/aromatic N) is 1. The Bertz CT molecular complexity index is 891. The highest BCUT2D eigenvalue weighted by atomic mass is 32.1. The van der Waals surface area contributed by atoms with Gasteiger partial charge in [-0.3, -0.25) is 9.59 Å². The molecule has 0 unspecified atom stereocenters. The average molecular weight is 388 g/mol. The fraction of sp³-hybridized carbons (Fsp3) is 0.211. The SMILES string of the molecule is O=C(COC(=O)CCc1ncc(-c2ccc(F)cc2)o1)NCc1cccs1. The molecule has 2 heterocycles. The summed E-state index contributed by atoms with van der Waals surface area (Å²) in [6.07, 6.45) is 1.81. The average Bonchev–Trinajstić information content (AvgIpc) is 3.35. The Balaban J connectivity index is 1.39. The summed E-state index contributed by atoms with van der Waals surface area (Å²) in [6, 6.07) is 9.64. The van der Waals surface area contributed by atoms with Crippen LogP contribution in [0.25, 0.3) is 11.3 Å². The topological polar surface area (TPSA) is 81.4 Å². The van der Waals surface area contributed by atoms with E-state index >= 15 is 0 Å². The second kappa shape index (κ2) is 9.09. The standard InChI is InChI=1S/C19H17FN2O4S/c20-14-5-3-13(4-6-14)16-11-22-18(26-16)7-8-19(24)25-12-17(23)21-10-15-2-1-9-27-15/h1-6,9,11H,7-8,10,12H2,(H,21,23). The van der Waals surface area contributed by atoms with Gasteiger partial charge in [0.15, 0.2) is 18.3 Å². The van der Waals surface area contributed by atoms with Gasteiger partial charge < -0.3 is 14.5 Å². The summed E-state index contributed by atoms with van der Waals surface area (Å²) in [5, 5.41) is 4.60. The lowest BCUT2D eigenvalue weighted by Gasteiger charge is -2.05. The molecular formula is C19H17FN2O4S. The molecule has 0 spiro atoms. The van der Waals surface area contributed by atoms with Crippen LogP contribution in [0.4, 0.5) is 4.39 Å². The summed E-state index contributed by atoms with van der Waals surface area (Å²) >= 11 is 1.54. The van der Waals surface area contributed by atoms with E-state index in [2.05, 4.69) is 10.3 Å². The number of hydrogen-bond donors (Lipinski definition) is 1. The number of amides is 1. The zero-order chi connectivity index (χ0) is 19.1. The maximum atomic E-state index is 12.9. The van der Waals surface area contributed by atoms with Crippen LogP contribution in [-0.2, 0) is 27.3 Å². The Morgan fingerprint density at radius 1 is 1.22 bits per heavy atom. The Morgan fingerprint density at radius 3 is 2.78 bits per heavy atom. The van der Waals surface area contributed by atoms with Crippen LogP contribution in [0.1, 0.15) is 17.2 Å². The molecule has 0 aliphatic heterocycles. The highest BCUT2D eigenvalue weighted by Crippen LogP contribution is 2.21. The molecule has 27 heavy (non-hydrogen) atoms. The third-order valence-corrected chi connectivity index (χ3v) is 4.51. The fourth-order valence-electron chi connectivity index (χ4n) is 2.25. The predicted octanol–water partition coefficient (Wildman–Crippen LogP) is 3.33. The van der Waals surface area contributed by atoms with Crippen molar-refractivity contribution in [2.45, 2.75) is 19.4 Å². The van der Waals surface area contributed by atoms with Crippen molar-refractivity contribution in [3.8, 4) is 11.3 Å². The van der Waals surface area contributed by atoms with Gasteiger partial charge in [0.2, 0.25) is 0 Å². The molecule has 1 aromatic carbocycles. The first-order valence-electron chi connectivity index (χ1n) is 8.25. The Hall–Kier alpha value is -3.00. The summed E-state index contributed by atoms with van der Waals surface area (Å²) in [7, 11) is 0. The van der Waals surface area contributed by atoms with Crippen LogP contribution in [0, 0.1) is 5.82 Å². The highest BCUT2D eigenvalue weighted by molar-refractivity contribution is 7.09. The molecule has 0 atom stereocenters. The third kappa shape index (κ3) is 5.75. The van der Waals surface area contributed by atoms with Gasteiger partial charge in [-0.25, -0.2) is 9.37 Å². The van der Waals surface area contributed by atoms with Crippen molar-refractivity contribution >= 4 is 23.2 Å². The number of aryl methyl sites for hydroxylation is 1. The van der Waals surface area contributed by atoms with Crippen molar-refractivity contribution in [1.29, 1.82) is 0 Å². The molecule has 0 saturated heterocycles. The number of nitrogens with one attached hydrogen (secondary N) is 1. The number of thiophene rings is 1. The van der Waals surface area contributed by atoms with Crippen molar-refractivity contribution in [2.24, 2.45) is 0 Å². The summed E-state index contributed by atoms with van der Waals surface area (Å²) < 4.78 is 23.4. The van der Waals surface area contributed by atoms with E-state index in [1.807, 2.05) is 17.5 Å². The normalized spacial score (nSPS) is 10.6. The molecule has 0 fully saturated rings. The molecule has 2 aromatic heterocycles. The minimum Gasteiger partial charge on any atom is -0.456 e. The van der Waals surface area contributed by atoms with Crippen LogP contribution in [0.5, 0.6) is 0 Å². The molecule has 1 N–H and O–H groups in total. The number of benzene rings is 1. The Morgan fingerprint density at radius 2 is 2.04 bits per heavy atom. The number of ether oxygens (including phenoxy) is 1. The molecular weight excluding hydrogens is 371 g/mol. The largest absolute Gasteiger partial charge is 0.456 e. The van der Waals surface area contributed by atoms with E-state index in [9.17, 15) is 14.0 Å². The number of halogens is 1. The minimum absolute atomic E-state index is 0.0432. The van der Waals surface area contributed by atoms with Crippen molar-refractivity contribution in [2.75, 3.05) is 6.61 Å². The lowest BCUT2D eigenvalue weighted by Crippen LogP contribution is -2.28. The fourth-order valence-corrected chi connectivity index (χ4v) is 2.90. The number of carbonyl (C=O) groups is 2. The van der Waals surface area contributed by atoms with E-state index in [0.717, 1.165) is 4.88 Å². The quantitative estimate of drug-likeness (QED) is 0.599. The summed E-state index contributed by atoms with van der Waals surface area (Å²) in [5.41, 5.74) is 0.695. The molecule has 0 aliphatic rings. The van der Waals surface area contributed by atoms with E-state index in [1.54, 1.807) is 12.1 Å². The van der Waals surface area contributed by atoms with E-state index in [-0.39, 0.29) is 31.2 Å². The molecule has 8 heteroatoms. The summed E-state index contributed by atoms with van der Waals surface area (Å²) in [5.74, 6) is -0.338. The molecule has 140 valence electrons. The number of rotatable bonds is 8. The van der Waals surface area contributed by atoms with Gasteiger partial charge in [-0.05, 0) is 35.7 Å². The lowest BCUT2D eigenvalue weighted by atomic mass is 10.2. The molecule has 0 saturated carbocycles. The van der Waals surface area contributed by atoms with E-state index < -0.39 is 5.97 Å². The minimum atomic E-state index is -0.511. The molecule has 6 nitrogen and oxygen atoms in total. The molecule has 3 rings (SSSR count). The van der Waals surface area contributed by atoms with Gasteiger partial charge in [-0.15, -0.1) is 11.3 Å². The van der Waals surface area contributed by atoms with Gasteiger partial charge in [0.25, 0.3) is 5.91 Å². The lowest BCUT2D eigenvalue weighted by molar-refractivity contribution is -0.148. The van der Waals surface area contributed by atoms with Crippen molar-refractivity contribution in [3.05, 3.63) is 64.6 Å². The molecule has 3 aromatic rings. The van der Waals surface area contributed by atoms with Crippen LogP contribution in [0.15, 0.2) is 52.4 Å². The van der Waals surface area contributed by atoms with Crippen molar-refractivity contribution in [3.63, 3.8) is 0 Å². The first-order valence-corrected chi connectivity index (χ1v) is 9.13. The Labute approximate surface area is 159 Å². The van der Waals surface area contributed by atoms with Crippen LogP contribution in [0.3, 0.4) is 0 Å². The number of hydrogen-bond acceptors (Lipinski definition) is 6. The molecule has 0 aliphatic carbocycles. The third-order valence-electron chi connectivity index (χ3n) is 3.63. The smallest absolute Gasteiger partial charge is 0.306 e. The van der Waals surface area contributed by atoms with E-state index in [0.29, 0.717) is 23.8 Å². The number of oxazole rings is 1. The molecule has 0 bridgehead atoms. The zero-order valence-electron chi connectivity index (χ0n) is 14.3. The van der Waals surface area contributed by atoms with Crippen LogP contribution in [-0.4, -0.2) is 23.5 Å². The monoisotopic (exact) mass is 388 g/mol. The molecule has 1 amide bonds. The van der Waals surface area contributed by atoms with Gasteiger partial charge in [-0.1, -0.05) is 6.07 Å². The maximum Gasteiger partial charge on any atom is 0.306 e. The first-order chi connectivity index (χ1) is 13.1. The predicted molar refractivity (Wildman–Crippen MR) is 97.3 cm³/mol. The number of carbonyl (C=O) groups excluding carboxylic acids is 2. The van der Waals surface area contributed by atoms with E-state index in [1.165, 1.54) is 29.7 Å².